The van der Waals surface area contributed by atoms with E-state index < -0.39 is 18.0 Å². The van der Waals surface area contributed by atoms with Crippen LogP contribution in [0, 0.1) is 17.1 Å². The van der Waals surface area contributed by atoms with Crippen LogP contribution in [0.2, 0.25) is 0 Å². The zero-order chi connectivity index (χ0) is 19.4. The number of amides is 2. The van der Waals surface area contributed by atoms with Gasteiger partial charge in [-0.25, -0.2) is 9.18 Å². The van der Waals surface area contributed by atoms with E-state index >= 15 is 0 Å². The second kappa shape index (κ2) is 7.83. The van der Waals surface area contributed by atoms with Gasteiger partial charge in [0.25, 0.3) is 0 Å². The number of nitriles is 1. The fourth-order valence-corrected chi connectivity index (χ4v) is 2.83. The van der Waals surface area contributed by atoms with Gasteiger partial charge in [0, 0.05) is 18.7 Å². The van der Waals surface area contributed by atoms with Crippen LogP contribution in [0.15, 0.2) is 36.5 Å². The third-order valence-corrected chi connectivity index (χ3v) is 4.10. The maximum atomic E-state index is 14.7. The molecule has 1 aliphatic heterocycles. The summed E-state index contributed by atoms with van der Waals surface area (Å²) in [6.07, 6.45) is 0.596. The first kappa shape index (κ1) is 18.3. The van der Waals surface area contributed by atoms with Crippen molar-refractivity contribution in [3.8, 4) is 17.2 Å². The van der Waals surface area contributed by atoms with Crippen molar-refractivity contribution in [3.05, 3.63) is 48.0 Å². The van der Waals surface area contributed by atoms with Crippen LogP contribution < -0.4 is 10.2 Å². The molecule has 138 valence electrons. The van der Waals surface area contributed by atoms with Gasteiger partial charge in [0.05, 0.1) is 37.0 Å². The first-order valence-corrected chi connectivity index (χ1v) is 8.32. The molecule has 3 rings (SSSR count). The average molecular weight is 368 g/mol. The molecule has 0 radical (unpaired) electrons. The number of pyridine rings is 1. The highest BCUT2D eigenvalue weighted by Crippen LogP contribution is 2.29. The van der Waals surface area contributed by atoms with Gasteiger partial charge >= 0.3 is 6.09 Å². The van der Waals surface area contributed by atoms with Crippen molar-refractivity contribution in [2.24, 2.45) is 0 Å². The molecule has 2 heterocycles. The Morgan fingerprint density at radius 2 is 2.26 bits per heavy atom. The Bertz CT molecular complexity index is 925. The number of carbonyl (C=O) groups is 2. The van der Waals surface area contributed by atoms with Gasteiger partial charge in [0.1, 0.15) is 11.9 Å². The lowest BCUT2D eigenvalue weighted by Crippen LogP contribution is -2.33. The second-order valence-corrected chi connectivity index (χ2v) is 6.09. The Morgan fingerprint density at radius 1 is 1.44 bits per heavy atom. The molecule has 1 aliphatic rings. The summed E-state index contributed by atoms with van der Waals surface area (Å²) in [5, 5.41) is 11.4. The smallest absolute Gasteiger partial charge is 0.414 e. The molecule has 0 spiro atoms. The van der Waals surface area contributed by atoms with Gasteiger partial charge in [-0.1, -0.05) is 0 Å². The minimum absolute atomic E-state index is 0.142. The number of hydrogen-bond acceptors (Lipinski definition) is 5. The van der Waals surface area contributed by atoms with Crippen molar-refractivity contribution in [1.29, 1.82) is 5.26 Å². The van der Waals surface area contributed by atoms with Crippen LogP contribution in [-0.2, 0) is 16.0 Å². The second-order valence-electron chi connectivity index (χ2n) is 6.09. The number of carbonyl (C=O) groups excluding carboxylic acids is 2. The van der Waals surface area contributed by atoms with E-state index in [9.17, 15) is 14.0 Å². The van der Waals surface area contributed by atoms with E-state index in [1.807, 2.05) is 6.07 Å². The standard InChI is InChI=1S/C19H17FN4O3/c1-12(25)23-10-16-11-24(19(26)27-16)15-2-3-17(18(20)9-15)13-5-7-22-14(8-13)4-6-21/h2-3,5,7-9,16H,4,10-11H2,1H3,(H,23,25)/t16-/m0/s1. The summed E-state index contributed by atoms with van der Waals surface area (Å²) in [7, 11) is 0. The summed E-state index contributed by atoms with van der Waals surface area (Å²) in [6, 6.07) is 9.80. The summed E-state index contributed by atoms with van der Waals surface area (Å²) in [6.45, 7) is 1.81. The third-order valence-electron chi connectivity index (χ3n) is 4.10. The van der Waals surface area contributed by atoms with E-state index in [-0.39, 0.29) is 25.4 Å². The van der Waals surface area contributed by atoms with E-state index in [1.165, 1.54) is 24.1 Å². The predicted molar refractivity (Wildman–Crippen MR) is 95.2 cm³/mol. The monoisotopic (exact) mass is 368 g/mol. The number of halogens is 1. The molecule has 1 saturated heterocycles. The van der Waals surface area contributed by atoms with Crippen LogP contribution in [0.5, 0.6) is 0 Å². The van der Waals surface area contributed by atoms with Crippen LogP contribution in [0.4, 0.5) is 14.9 Å². The number of aromatic nitrogens is 1. The lowest BCUT2D eigenvalue weighted by Gasteiger charge is -2.14. The molecule has 1 fully saturated rings. The average Bonchev–Trinajstić information content (AvgIpc) is 3.01. The van der Waals surface area contributed by atoms with Crippen molar-refractivity contribution in [3.63, 3.8) is 0 Å². The first-order valence-electron chi connectivity index (χ1n) is 8.32. The molecule has 2 aromatic rings. The number of nitrogens with zero attached hydrogens (tertiary/aromatic N) is 3. The van der Waals surface area contributed by atoms with Gasteiger partial charge in [0.15, 0.2) is 0 Å². The Balaban J connectivity index is 1.79. The van der Waals surface area contributed by atoms with E-state index in [0.29, 0.717) is 22.5 Å². The molecule has 0 unspecified atom stereocenters. The largest absolute Gasteiger partial charge is 0.442 e. The molecular formula is C19H17FN4O3. The third kappa shape index (κ3) is 4.20. The summed E-state index contributed by atoms with van der Waals surface area (Å²) >= 11 is 0. The van der Waals surface area contributed by atoms with Crippen LogP contribution >= 0.6 is 0 Å². The van der Waals surface area contributed by atoms with E-state index in [0.717, 1.165) is 0 Å². The summed E-state index contributed by atoms with van der Waals surface area (Å²) in [5.74, 6) is -0.715. The van der Waals surface area contributed by atoms with Gasteiger partial charge in [-0.05, 0) is 35.9 Å². The highest BCUT2D eigenvalue weighted by Gasteiger charge is 2.32. The molecule has 1 aromatic carbocycles. The summed E-state index contributed by atoms with van der Waals surface area (Å²) in [4.78, 5) is 28.4. The fraction of sp³-hybridized carbons (Fsp3) is 0.263. The van der Waals surface area contributed by atoms with Gasteiger partial charge in [-0.3, -0.25) is 14.7 Å². The molecule has 2 amide bonds. The minimum Gasteiger partial charge on any atom is -0.442 e. The van der Waals surface area contributed by atoms with Crippen molar-refractivity contribution < 1.29 is 18.7 Å². The topological polar surface area (TPSA) is 95.3 Å². The Labute approximate surface area is 155 Å². The SMILES string of the molecule is CC(=O)NC[C@H]1CN(c2ccc(-c3ccnc(CC#N)c3)c(F)c2)C(=O)O1. The van der Waals surface area contributed by atoms with Crippen molar-refractivity contribution in [1.82, 2.24) is 10.3 Å². The summed E-state index contributed by atoms with van der Waals surface area (Å²) < 4.78 is 19.9. The molecular weight excluding hydrogens is 351 g/mol. The van der Waals surface area contributed by atoms with E-state index in [2.05, 4.69) is 10.3 Å². The number of nitrogens with one attached hydrogen (secondary N) is 1. The Kier molecular flexibility index (Phi) is 5.31. The maximum absolute atomic E-state index is 14.7. The van der Waals surface area contributed by atoms with Gasteiger partial charge in [-0.15, -0.1) is 0 Å². The highest BCUT2D eigenvalue weighted by molar-refractivity contribution is 5.90. The van der Waals surface area contributed by atoms with E-state index in [4.69, 9.17) is 10.00 Å². The molecule has 27 heavy (non-hydrogen) atoms. The summed E-state index contributed by atoms with van der Waals surface area (Å²) in [5.41, 5.74) is 1.88. The van der Waals surface area contributed by atoms with Gasteiger partial charge in [-0.2, -0.15) is 5.26 Å². The minimum atomic E-state index is -0.585. The van der Waals surface area contributed by atoms with E-state index in [1.54, 1.807) is 24.3 Å². The zero-order valence-corrected chi connectivity index (χ0v) is 14.6. The van der Waals surface area contributed by atoms with Crippen LogP contribution in [0.3, 0.4) is 0 Å². The van der Waals surface area contributed by atoms with Crippen molar-refractivity contribution in [2.75, 3.05) is 18.0 Å². The number of ether oxygens (including phenoxy) is 1. The molecule has 0 saturated carbocycles. The molecule has 0 aliphatic carbocycles. The molecule has 8 heteroatoms. The number of anilines is 1. The lowest BCUT2D eigenvalue weighted by molar-refractivity contribution is -0.119. The molecule has 0 bridgehead atoms. The van der Waals surface area contributed by atoms with Crippen LogP contribution in [-0.4, -0.2) is 36.2 Å². The van der Waals surface area contributed by atoms with Gasteiger partial charge in [0.2, 0.25) is 5.91 Å². The van der Waals surface area contributed by atoms with Gasteiger partial charge < -0.3 is 10.1 Å². The Morgan fingerprint density at radius 3 is 2.96 bits per heavy atom. The van der Waals surface area contributed by atoms with Crippen molar-refractivity contribution in [2.45, 2.75) is 19.4 Å². The quantitative estimate of drug-likeness (QED) is 0.874. The predicted octanol–water partition coefficient (Wildman–Crippen LogP) is 2.42. The molecule has 1 N–H and O–H groups in total. The number of cyclic esters (lactones) is 1. The number of benzene rings is 1. The normalized spacial score (nSPS) is 16.0. The first-order chi connectivity index (χ1) is 13.0. The number of rotatable bonds is 5. The lowest BCUT2D eigenvalue weighted by atomic mass is 10.0. The Hall–Kier alpha value is -3.47. The molecule has 1 atom stereocenters. The maximum Gasteiger partial charge on any atom is 0.414 e. The highest BCUT2D eigenvalue weighted by atomic mass is 19.1. The number of hydrogen-bond donors (Lipinski definition) is 1. The fourth-order valence-electron chi connectivity index (χ4n) is 2.83. The molecule has 7 nitrogen and oxygen atoms in total. The van der Waals surface area contributed by atoms with Crippen LogP contribution in [0.25, 0.3) is 11.1 Å². The van der Waals surface area contributed by atoms with Crippen LogP contribution in [0.1, 0.15) is 12.6 Å². The van der Waals surface area contributed by atoms with Crippen molar-refractivity contribution >= 4 is 17.7 Å². The zero-order valence-electron chi connectivity index (χ0n) is 14.6. The molecule has 1 aromatic heterocycles.